The summed E-state index contributed by atoms with van der Waals surface area (Å²) >= 11 is 2.99. The van der Waals surface area contributed by atoms with Crippen LogP contribution in [0.1, 0.15) is 18.0 Å². The molecule has 3 nitrogen and oxygen atoms in total. The second-order valence-electron chi connectivity index (χ2n) is 3.40. The largest absolute Gasteiger partial charge is 0.449 e. The zero-order valence-electron chi connectivity index (χ0n) is 8.50. The van der Waals surface area contributed by atoms with Crippen molar-refractivity contribution in [1.82, 2.24) is 5.32 Å². The number of hydrogen-bond donors (Lipinski definition) is 1. The van der Waals surface area contributed by atoms with E-state index in [1.807, 2.05) is 0 Å². The Bertz CT molecular complexity index is 421. The molecule has 1 aliphatic rings. The number of halogens is 4. The number of hydrogen-bond acceptors (Lipinski definition) is 2. The highest BCUT2D eigenvalue weighted by molar-refractivity contribution is 9.10. The molecule has 94 valence electrons. The van der Waals surface area contributed by atoms with E-state index in [0.29, 0.717) is 10.9 Å². The molecule has 1 aliphatic heterocycles. The standard InChI is InChI=1S/C10H8BrF2NO2.ClH/c11-5-3-6(12)9(7(13)4-5)8-1-2-16-10(15)14-8;/h3-4,8H,1-2H2,(H,14,15);1H/t8-;/m1./s1. The molecular formula is C10H9BrClF2NO2. The summed E-state index contributed by atoms with van der Waals surface area (Å²) < 4.78 is 32.1. The van der Waals surface area contributed by atoms with Crippen LogP contribution in [0.5, 0.6) is 0 Å². The molecule has 0 aliphatic carbocycles. The van der Waals surface area contributed by atoms with Crippen LogP contribution in [0.15, 0.2) is 16.6 Å². The first-order chi connectivity index (χ1) is 7.58. The Morgan fingerprint density at radius 1 is 1.35 bits per heavy atom. The molecule has 2 rings (SSSR count). The third-order valence-electron chi connectivity index (χ3n) is 2.32. The Kier molecular flexibility index (Phi) is 4.70. The van der Waals surface area contributed by atoms with Crippen LogP contribution in [0, 0.1) is 11.6 Å². The zero-order valence-corrected chi connectivity index (χ0v) is 10.9. The highest BCUT2D eigenvalue weighted by Crippen LogP contribution is 2.28. The van der Waals surface area contributed by atoms with Crippen molar-refractivity contribution < 1.29 is 18.3 Å². The van der Waals surface area contributed by atoms with E-state index in [1.54, 1.807) is 0 Å². The van der Waals surface area contributed by atoms with Gasteiger partial charge in [0.05, 0.1) is 12.6 Å². The Balaban J connectivity index is 0.00000144. The summed E-state index contributed by atoms with van der Waals surface area (Å²) in [5.74, 6) is -1.36. The normalized spacial score (nSPS) is 19.0. The molecule has 1 heterocycles. The lowest BCUT2D eigenvalue weighted by Crippen LogP contribution is -2.36. The van der Waals surface area contributed by atoms with Crippen molar-refractivity contribution in [3.05, 3.63) is 33.8 Å². The Morgan fingerprint density at radius 2 is 1.94 bits per heavy atom. The summed E-state index contributed by atoms with van der Waals surface area (Å²) in [6, 6.07) is 1.66. The maximum atomic E-state index is 13.6. The van der Waals surface area contributed by atoms with Gasteiger partial charge in [0.2, 0.25) is 0 Å². The van der Waals surface area contributed by atoms with Crippen LogP contribution < -0.4 is 5.32 Å². The number of carbonyl (C=O) groups is 1. The predicted molar refractivity (Wildman–Crippen MR) is 63.1 cm³/mol. The average Bonchev–Trinajstić information content (AvgIpc) is 2.15. The van der Waals surface area contributed by atoms with Gasteiger partial charge >= 0.3 is 6.09 Å². The molecule has 0 bridgehead atoms. The molecule has 0 aromatic heterocycles. The first-order valence-electron chi connectivity index (χ1n) is 4.65. The number of cyclic esters (lactones) is 1. The molecule has 7 heteroatoms. The molecule has 0 radical (unpaired) electrons. The third-order valence-corrected chi connectivity index (χ3v) is 2.78. The molecule has 0 unspecified atom stereocenters. The van der Waals surface area contributed by atoms with E-state index in [9.17, 15) is 13.6 Å². The topological polar surface area (TPSA) is 38.3 Å². The van der Waals surface area contributed by atoms with Gasteiger partial charge < -0.3 is 10.1 Å². The van der Waals surface area contributed by atoms with Crippen molar-refractivity contribution >= 4 is 34.4 Å². The van der Waals surface area contributed by atoms with Gasteiger partial charge in [0.1, 0.15) is 11.6 Å². The lowest BCUT2D eigenvalue weighted by atomic mass is 10.0. The molecule has 0 spiro atoms. The molecule has 0 saturated carbocycles. The summed E-state index contributed by atoms with van der Waals surface area (Å²) in [7, 11) is 0. The lowest BCUT2D eigenvalue weighted by molar-refractivity contribution is 0.114. The van der Waals surface area contributed by atoms with E-state index in [2.05, 4.69) is 26.0 Å². The number of rotatable bonds is 1. The predicted octanol–water partition coefficient (Wildman–Crippen LogP) is 3.32. The second-order valence-corrected chi connectivity index (χ2v) is 4.32. The molecule has 1 aromatic rings. The Labute approximate surface area is 111 Å². The molecule has 1 fully saturated rings. The van der Waals surface area contributed by atoms with Gasteiger partial charge in [-0.3, -0.25) is 0 Å². The molecule has 1 saturated heterocycles. The summed E-state index contributed by atoms with van der Waals surface area (Å²) in [4.78, 5) is 10.9. The van der Waals surface area contributed by atoms with Crippen LogP contribution in [-0.4, -0.2) is 12.7 Å². The first kappa shape index (κ1) is 14.2. The molecule has 1 amide bonds. The van der Waals surface area contributed by atoms with Crippen LogP contribution in [-0.2, 0) is 4.74 Å². The van der Waals surface area contributed by atoms with Crippen LogP contribution in [0.2, 0.25) is 0 Å². The SMILES string of the molecule is Cl.O=C1N[C@@H](c2c(F)cc(Br)cc2F)CCO1. The zero-order chi connectivity index (χ0) is 11.7. The van der Waals surface area contributed by atoms with Crippen molar-refractivity contribution in [1.29, 1.82) is 0 Å². The van der Waals surface area contributed by atoms with Gasteiger partial charge in [-0.1, -0.05) is 15.9 Å². The fraction of sp³-hybridized carbons (Fsp3) is 0.300. The number of alkyl carbamates (subject to hydrolysis) is 1. The monoisotopic (exact) mass is 327 g/mol. The van der Waals surface area contributed by atoms with Crippen LogP contribution in [0.25, 0.3) is 0 Å². The van der Waals surface area contributed by atoms with E-state index in [0.717, 1.165) is 0 Å². The van der Waals surface area contributed by atoms with Crippen LogP contribution >= 0.6 is 28.3 Å². The van der Waals surface area contributed by atoms with Crippen molar-refractivity contribution in [2.75, 3.05) is 6.61 Å². The molecule has 1 N–H and O–H groups in total. The Morgan fingerprint density at radius 3 is 2.47 bits per heavy atom. The average molecular weight is 329 g/mol. The minimum absolute atomic E-state index is 0. The van der Waals surface area contributed by atoms with Crippen LogP contribution in [0.4, 0.5) is 13.6 Å². The second kappa shape index (κ2) is 5.64. The van der Waals surface area contributed by atoms with E-state index >= 15 is 0 Å². The summed E-state index contributed by atoms with van der Waals surface area (Å²) in [6.45, 7) is 0.158. The van der Waals surface area contributed by atoms with Crippen molar-refractivity contribution in [3.63, 3.8) is 0 Å². The van der Waals surface area contributed by atoms with Gasteiger partial charge in [0.25, 0.3) is 0 Å². The van der Waals surface area contributed by atoms with Gasteiger partial charge in [-0.25, -0.2) is 13.6 Å². The number of benzene rings is 1. The maximum Gasteiger partial charge on any atom is 0.407 e. The van der Waals surface area contributed by atoms with E-state index in [4.69, 9.17) is 0 Å². The number of amides is 1. The van der Waals surface area contributed by atoms with E-state index in [-0.39, 0.29) is 24.6 Å². The van der Waals surface area contributed by atoms with Gasteiger partial charge in [-0.2, -0.15) is 0 Å². The fourth-order valence-corrected chi connectivity index (χ4v) is 2.03. The maximum absolute atomic E-state index is 13.6. The molecule has 1 aromatic carbocycles. The van der Waals surface area contributed by atoms with Crippen molar-refractivity contribution in [2.45, 2.75) is 12.5 Å². The number of nitrogens with one attached hydrogen (secondary N) is 1. The lowest BCUT2D eigenvalue weighted by Gasteiger charge is -2.24. The smallest absolute Gasteiger partial charge is 0.407 e. The summed E-state index contributed by atoms with van der Waals surface area (Å²) in [5.41, 5.74) is -0.125. The quantitative estimate of drug-likeness (QED) is 0.859. The minimum Gasteiger partial charge on any atom is -0.449 e. The van der Waals surface area contributed by atoms with Crippen molar-refractivity contribution in [2.24, 2.45) is 0 Å². The van der Waals surface area contributed by atoms with Crippen molar-refractivity contribution in [3.8, 4) is 0 Å². The fourth-order valence-electron chi connectivity index (χ4n) is 1.63. The summed E-state index contributed by atoms with van der Waals surface area (Å²) in [6.07, 6.45) is -0.306. The highest BCUT2D eigenvalue weighted by Gasteiger charge is 2.26. The van der Waals surface area contributed by atoms with Gasteiger partial charge in [-0.15, -0.1) is 12.4 Å². The van der Waals surface area contributed by atoms with Gasteiger partial charge in [-0.05, 0) is 12.1 Å². The minimum atomic E-state index is -0.681. The molecule has 1 atom stereocenters. The Hall–Kier alpha value is -0.880. The van der Waals surface area contributed by atoms with Gasteiger partial charge in [0, 0.05) is 16.5 Å². The number of ether oxygens (including phenoxy) is 1. The first-order valence-corrected chi connectivity index (χ1v) is 5.45. The van der Waals surface area contributed by atoms with E-state index < -0.39 is 23.8 Å². The summed E-state index contributed by atoms with van der Waals surface area (Å²) in [5, 5.41) is 2.38. The molecular weight excluding hydrogens is 319 g/mol. The van der Waals surface area contributed by atoms with Gasteiger partial charge in [0.15, 0.2) is 0 Å². The highest BCUT2D eigenvalue weighted by atomic mass is 79.9. The molecule has 17 heavy (non-hydrogen) atoms. The number of carbonyl (C=O) groups excluding carboxylic acids is 1. The van der Waals surface area contributed by atoms with E-state index in [1.165, 1.54) is 12.1 Å². The third kappa shape index (κ3) is 3.07. The van der Waals surface area contributed by atoms with Crippen LogP contribution in [0.3, 0.4) is 0 Å².